The normalized spacial score (nSPS) is 17.5. The molecular weight excluding hydrogens is 252 g/mol. The molecule has 0 bridgehead atoms. The van der Waals surface area contributed by atoms with E-state index in [2.05, 4.69) is 24.1 Å². The molecule has 0 aromatic heterocycles. The van der Waals surface area contributed by atoms with E-state index in [4.69, 9.17) is 5.73 Å². The maximum absolute atomic E-state index is 12.2. The quantitative estimate of drug-likeness (QED) is 0.652. The Morgan fingerprint density at radius 1 is 1.25 bits per heavy atom. The van der Waals surface area contributed by atoms with Crippen molar-refractivity contribution < 1.29 is 4.79 Å². The van der Waals surface area contributed by atoms with Crippen LogP contribution in [0.15, 0.2) is 0 Å². The fourth-order valence-electron chi connectivity index (χ4n) is 2.69. The Morgan fingerprint density at radius 3 is 2.45 bits per heavy atom. The molecule has 1 unspecified atom stereocenters. The van der Waals surface area contributed by atoms with Crippen LogP contribution in [-0.2, 0) is 4.79 Å². The lowest BCUT2D eigenvalue weighted by atomic mass is 10.1. The maximum Gasteiger partial charge on any atom is 0.224 e. The highest BCUT2D eigenvalue weighted by atomic mass is 16.2. The first-order chi connectivity index (χ1) is 9.71. The van der Waals surface area contributed by atoms with E-state index in [0.717, 1.165) is 52.1 Å². The Labute approximate surface area is 123 Å². The Hall–Kier alpha value is -0.650. The Balaban J connectivity index is 2.25. The van der Waals surface area contributed by atoms with Gasteiger partial charge in [0.15, 0.2) is 0 Å². The third-order valence-corrected chi connectivity index (χ3v) is 4.17. The highest BCUT2D eigenvalue weighted by Gasteiger charge is 2.19. The van der Waals surface area contributed by atoms with E-state index in [-0.39, 0.29) is 11.9 Å². The summed E-state index contributed by atoms with van der Waals surface area (Å²) in [5.74, 6) is 0.260. The zero-order chi connectivity index (χ0) is 14.8. The third-order valence-electron chi connectivity index (χ3n) is 4.17. The molecule has 5 heteroatoms. The summed E-state index contributed by atoms with van der Waals surface area (Å²) in [4.78, 5) is 16.6. The molecule has 1 heterocycles. The number of nitrogens with zero attached hydrogens (tertiary/aromatic N) is 2. The molecule has 0 aliphatic carbocycles. The van der Waals surface area contributed by atoms with Crippen molar-refractivity contribution in [1.82, 2.24) is 15.1 Å². The minimum absolute atomic E-state index is 0.111. The lowest BCUT2D eigenvalue weighted by molar-refractivity contribution is -0.132. The van der Waals surface area contributed by atoms with E-state index >= 15 is 0 Å². The molecule has 0 radical (unpaired) electrons. The molecule has 0 aromatic carbocycles. The Bertz CT molecular complexity index is 263. The molecular formula is C15H32N4O. The van der Waals surface area contributed by atoms with Gasteiger partial charge in [-0.1, -0.05) is 13.8 Å². The molecule has 3 N–H and O–H groups in total. The summed E-state index contributed by atoms with van der Waals surface area (Å²) in [5.41, 5.74) is 5.79. The van der Waals surface area contributed by atoms with Crippen LogP contribution in [0.2, 0.25) is 0 Å². The summed E-state index contributed by atoms with van der Waals surface area (Å²) in [7, 11) is 0. The minimum atomic E-state index is 0.111. The van der Waals surface area contributed by atoms with Crippen LogP contribution in [0, 0.1) is 0 Å². The van der Waals surface area contributed by atoms with Gasteiger partial charge in [0.2, 0.25) is 5.91 Å². The van der Waals surface area contributed by atoms with E-state index in [0.29, 0.717) is 13.0 Å². The van der Waals surface area contributed by atoms with Crippen LogP contribution in [0.3, 0.4) is 0 Å². The second kappa shape index (κ2) is 10.1. The minimum Gasteiger partial charge on any atom is -0.343 e. The second-order valence-electron chi connectivity index (χ2n) is 5.56. The predicted molar refractivity (Wildman–Crippen MR) is 83.7 cm³/mol. The highest BCUT2D eigenvalue weighted by Crippen LogP contribution is 2.10. The van der Waals surface area contributed by atoms with Crippen LogP contribution in [0.1, 0.15) is 39.5 Å². The van der Waals surface area contributed by atoms with Crippen LogP contribution in [-0.4, -0.2) is 67.6 Å². The van der Waals surface area contributed by atoms with Crippen molar-refractivity contribution in [3.8, 4) is 0 Å². The van der Waals surface area contributed by atoms with Crippen molar-refractivity contribution in [2.24, 2.45) is 5.73 Å². The number of hydrogen-bond donors (Lipinski definition) is 2. The maximum atomic E-state index is 12.2. The molecule has 1 aliphatic heterocycles. The van der Waals surface area contributed by atoms with Crippen LogP contribution in [0.4, 0.5) is 0 Å². The van der Waals surface area contributed by atoms with Crippen molar-refractivity contribution in [2.75, 3.05) is 45.8 Å². The SMILES string of the molecule is CCN(CC)CCNC(CN)CC(=O)N1CCCCC1. The second-order valence-corrected chi connectivity index (χ2v) is 5.56. The Morgan fingerprint density at radius 2 is 1.90 bits per heavy atom. The van der Waals surface area contributed by atoms with E-state index in [9.17, 15) is 4.79 Å². The van der Waals surface area contributed by atoms with Crippen molar-refractivity contribution in [3.63, 3.8) is 0 Å². The average molecular weight is 284 g/mol. The summed E-state index contributed by atoms with van der Waals surface area (Å²) in [6.45, 7) is 10.8. The van der Waals surface area contributed by atoms with Gasteiger partial charge in [-0.15, -0.1) is 0 Å². The number of nitrogens with one attached hydrogen (secondary N) is 1. The number of hydrogen-bond acceptors (Lipinski definition) is 4. The largest absolute Gasteiger partial charge is 0.343 e. The molecule has 1 atom stereocenters. The summed E-state index contributed by atoms with van der Waals surface area (Å²) in [5, 5.41) is 3.42. The molecule has 118 valence electrons. The predicted octanol–water partition coefficient (Wildman–Crippen LogP) is 0.648. The first kappa shape index (κ1) is 17.4. The molecule has 1 saturated heterocycles. The van der Waals surface area contributed by atoms with E-state index < -0.39 is 0 Å². The molecule has 5 nitrogen and oxygen atoms in total. The molecule has 1 aliphatic rings. The standard InChI is InChI=1S/C15H32N4O/c1-3-18(4-2)11-8-17-14(13-16)12-15(20)19-9-6-5-7-10-19/h14,17H,3-13,16H2,1-2H3. The van der Waals surface area contributed by atoms with Gasteiger partial charge in [0.1, 0.15) is 0 Å². The summed E-state index contributed by atoms with van der Waals surface area (Å²) in [6.07, 6.45) is 4.09. The van der Waals surface area contributed by atoms with Gasteiger partial charge in [-0.2, -0.15) is 0 Å². The van der Waals surface area contributed by atoms with Crippen molar-refractivity contribution >= 4 is 5.91 Å². The monoisotopic (exact) mass is 284 g/mol. The lowest BCUT2D eigenvalue weighted by Crippen LogP contribution is -2.45. The van der Waals surface area contributed by atoms with Crippen molar-refractivity contribution in [2.45, 2.75) is 45.6 Å². The number of nitrogens with two attached hydrogens (primary N) is 1. The van der Waals surface area contributed by atoms with Crippen molar-refractivity contribution in [1.29, 1.82) is 0 Å². The number of carbonyl (C=O) groups excluding carboxylic acids is 1. The molecule has 0 saturated carbocycles. The molecule has 0 aromatic rings. The molecule has 1 amide bonds. The highest BCUT2D eigenvalue weighted by molar-refractivity contribution is 5.76. The van der Waals surface area contributed by atoms with Crippen LogP contribution >= 0.6 is 0 Å². The number of rotatable bonds is 9. The van der Waals surface area contributed by atoms with Gasteiger partial charge in [0.05, 0.1) is 0 Å². The molecule has 1 rings (SSSR count). The van der Waals surface area contributed by atoms with Crippen LogP contribution < -0.4 is 11.1 Å². The first-order valence-corrected chi connectivity index (χ1v) is 8.14. The zero-order valence-electron chi connectivity index (χ0n) is 13.2. The van der Waals surface area contributed by atoms with E-state index in [1.807, 2.05) is 4.90 Å². The summed E-state index contributed by atoms with van der Waals surface area (Å²) >= 11 is 0. The number of amides is 1. The van der Waals surface area contributed by atoms with Crippen LogP contribution in [0.5, 0.6) is 0 Å². The molecule has 0 spiro atoms. The van der Waals surface area contributed by atoms with Gasteiger partial charge in [-0.25, -0.2) is 0 Å². The number of likely N-dealkylation sites (N-methyl/N-ethyl adjacent to an activating group) is 1. The fourth-order valence-corrected chi connectivity index (χ4v) is 2.69. The van der Waals surface area contributed by atoms with Crippen LogP contribution in [0.25, 0.3) is 0 Å². The lowest BCUT2D eigenvalue weighted by Gasteiger charge is -2.29. The van der Waals surface area contributed by atoms with Gasteiger partial charge >= 0.3 is 0 Å². The first-order valence-electron chi connectivity index (χ1n) is 8.14. The van der Waals surface area contributed by atoms with E-state index in [1.54, 1.807) is 0 Å². The van der Waals surface area contributed by atoms with Gasteiger partial charge in [0.25, 0.3) is 0 Å². The fraction of sp³-hybridized carbons (Fsp3) is 0.933. The van der Waals surface area contributed by atoms with Gasteiger partial charge in [0, 0.05) is 45.2 Å². The Kier molecular flexibility index (Phi) is 8.82. The number of piperidine rings is 1. The third kappa shape index (κ3) is 6.20. The van der Waals surface area contributed by atoms with Gasteiger partial charge in [-0.3, -0.25) is 4.79 Å². The summed E-state index contributed by atoms with van der Waals surface area (Å²) in [6, 6.07) is 0.111. The van der Waals surface area contributed by atoms with E-state index in [1.165, 1.54) is 6.42 Å². The van der Waals surface area contributed by atoms with Gasteiger partial charge < -0.3 is 20.9 Å². The number of likely N-dealkylation sites (tertiary alicyclic amines) is 1. The average Bonchev–Trinajstić information content (AvgIpc) is 2.51. The topological polar surface area (TPSA) is 61.6 Å². The van der Waals surface area contributed by atoms with Gasteiger partial charge in [-0.05, 0) is 32.4 Å². The number of carbonyl (C=O) groups is 1. The summed E-state index contributed by atoms with van der Waals surface area (Å²) < 4.78 is 0. The molecule has 20 heavy (non-hydrogen) atoms. The molecule has 1 fully saturated rings. The zero-order valence-corrected chi connectivity index (χ0v) is 13.2. The van der Waals surface area contributed by atoms with Crippen molar-refractivity contribution in [3.05, 3.63) is 0 Å². The smallest absolute Gasteiger partial charge is 0.224 e.